The molecule has 3 N–H and O–H groups in total. The molecule has 0 aliphatic heterocycles. The number of carbonyl (C=O) groups is 1. The molecule has 0 fully saturated rings. The maximum atomic E-state index is 12.8. The number of nitrogens with zero attached hydrogens (tertiary/aromatic N) is 1. The van der Waals surface area contributed by atoms with Gasteiger partial charge in [-0.15, -0.1) is 0 Å². The van der Waals surface area contributed by atoms with Gasteiger partial charge in [0.05, 0.1) is 16.5 Å². The summed E-state index contributed by atoms with van der Waals surface area (Å²) in [6, 6.07) is 22.1. The molecule has 5 rings (SSSR count). The maximum Gasteiger partial charge on any atom is 0.259 e. The molecule has 0 aliphatic carbocycles. The normalized spacial score (nSPS) is 11.0. The minimum Gasteiger partial charge on any atom is -0.360 e. The van der Waals surface area contributed by atoms with Crippen molar-refractivity contribution in [2.24, 2.45) is 0 Å². The van der Waals surface area contributed by atoms with Crippen molar-refractivity contribution in [1.29, 1.82) is 0 Å². The molecule has 3 aromatic carbocycles. The minimum absolute atomic E-state index is 0.196. The number of rotatable bonds is 3. The van der Waals surface area contributed by atoms with Gasteiger partial charge in [0.15, 0.2) is 0 Å². The van der Waals surface area contributed by atoms with Gasteiger partial charge in [-0.3, -0.25) is 9.59 Å². The third-order valence-electron chi connectivity index (χ3n) is 4.84. The molecule has 6 heteroatoms. The molecule has 0 bridgehead atoms. The molecular weight excluding hydrogens is 364 g/mol. The highest BCUT2D eigenvalue weighted by Gasteiger charge is 2.13. The molecule has 0 saturated heterocycles. The summed E-state index contributed by atoms with van der Waals surface area (Å²) in [7, 11) is 0. The second-order valence-electron chi connectivity index (χ2n) is 6.71. The number of amides is 1. The Labute approximate surface area is 165 Å². The summed E-state index contributed by atoms with van der Waals surface area (Å²) >= 11 is 0. The smallest absolute Gasteiger partial charge is 0.259 e. The molecule has 1 amide bonds. The molecule has 0 atom stereocenters. The van der Waals surface area contributed by atoms with E-state index in [1.807, 2.05) is 42.5 Å². The second-order valence-corrected chi connectivity index (χ2v) is 6.71. The fourth-order valence-corrected chi connectivity index (χ4v) is 3.43. The topological polar surface area (TPSA) is 90.6 Å². The number of nitrogens with one attached hydrogen (secondary N) is 3. The highest BCUT2D eigenvalue weighted by molar-refractivity contribution is 6.12. The predicted octanol–water partition coefficient (Wildman–Crippen LogP) is 4.32. The Morgan fingerprint density at radius 2 is 1.69 bits per heavy atom. The fraction of sp³-hybridized carbons (Fsp3) is 0. The summed E-state index contributed by atoms with van der Waals surface area (Å²) < 4.78 is 0. The van der Waals surface area contributed by atoms with Crippen molar-refractivity contribution in [3.63, 3.8) is 0 Å². The van der Waals surface area contributed by atoms with E-state index < -0.39 is 0 Å². The first-order valence-corrected chi connectivity index (χ1v) is 9.16. The number of aromatic nitrogens is 3. The van der Waals surface area contributed by atoms with Gasteiger partial charge in [-0.1, -0.05) is 42.5 Å². The van der Waals surface area contributed by atoms with E-state index >= 15 is 0 Å². The first-order chi connectivity index (χ1) is 14.2. The highest BCUT2D eigenvalue weighted by atomic mass is 16.1. The number of anilines is 1. The van der Waals surface area contributed by atoms with Crippen LogP contribution in [0.5, 0.6) is 0 Å². The van der Waals surface area contributed by atoms with E-state index in [9.17, 15) is 9.59 Å². The molecule has 29 heavy (non-hydrogen) atoms. The Balaban J connectivity index is 1.49. The standard InChI is InChI=1S/C23H16N4O2/c28-22-17-9-2-4-11-20(17)26-21(27-22)14-6-5-7-15(12-14)25-23(29)18-13-24-19-10-3-1-8-16(18)19/h1-13,24H,(H,25,29)(H,26,27,28). The summed E-state index contributed by atoms with van der Waals surface area (Å²) in [5.41, 5.74) is 3.24. The number of hydrogen-bond acceptors (Lipinski definition) is 3. The van der Waals surface area contributed by atoms with E-state index in [4.69, 9.17) is 0 Å². The number of hydrogen-bond donors (Lipinski definition) is 3. The van der Waals surface area contributed by atoms with Crippen LogP contribution in [0.1, 0.15) is 10.4 Å². The molecule has 5 aromatic rings. The Kier molecular flexibility index (Phi) is 3.95. The van der Waals surface area contributed by atoms with Crippen LogP contribution in [0, 0.1) is 0 Å². The molecule has 0 spiro atoms. The first-order valence-electron chi connectivity index (χ1n) is 9.16. The molecule has 140 valence electrons. The molecule has 0 radical (unpaired) electrons. The molecule has 2 heterocycles. The van der Waals surface area contributed by atoms with Crippen molar-refractivity contribution >= 4 is 33.4 Å². The predicted molar refractivity (Wildman–Crippen MR) is 114 cm³/mol. The van der Waals surface area contributed by atoms with Gasteiger partial charge in [-0.25, -0.2) is 4.98 Å². The lowest BCUT2D eigenvalue weighted by molar-refractivity contribution is 0.102. The van der Waals surface area contributed by atoms with Gasteiger partial charge in [0, 0.05) is 28.4 Å². The fourth-order valence-electron chi connectivity index (χ4n) is 3.43. The van der Waals surface area contributed by atoms with Gasteiger partial charge in [0.1, 0.15) is 5.82 Å². The van der Waals surface area contributed by atoms with Gasteiger partial charge < -0.3 is 15.3 Å². The van der Waals surface area contributed by atoms with Crippen molar-refractivity contribution in [1.82, 2.24) is 15.0 Å². The van der Waals surface area contributed by atoms with Crippen LogP contribution in [0.25, 0.3) is 33.2 Å². The van der Waals surface area contributed by atoms with Crippen molar-refractivity contribution in [3.05, 3.63) is 94.9 Å². The third kappa shape index (κ3) is 3.06. The van der Waals surface area contributed by atoms with Crippen molar-refractivity contribution in [2.45, 2.75) is 0 Å². The SMILES string of the molecule is O=C(Nc1cccc(-c2nc3ccccc3c(=O)[nH]2)c1)c1c[nH]c2ccccc12. The highest BCUT2D eigenvalue weighted by Crippen LogP contribution is 2.22. The monoisotopic (exact) mass is 380 g/mol. The number of aromatic amines is 2. The van der Waals surface area contributed by atoms with Crippen LogP contribution < -0.4 is 10.9 Å². The van der Waals surface area contributed by atoms with Crippen LogP contribution in [-0.2, 0) is 0 Å². The van der Waals surface area contributed by atoms with Crippen LogP contribution in [-0.4, -0.2) is 20.9 Å². The summed E-state index contributed by atoms with van der Waals surface area (Å²) in [6.07, 6.45) is 1.70. The molecule has 2 aromatic heterocycles. The summed E-state index contributed by atoms with van der Waals surface area (Å²) in [5, 5.41) is 4.32. The lowest BCUT2D eigenvalue weighted by Gasteiger charge is -2.08. The second kappa shape index (κ2) is 6.76. The van der Waals surface area contributed by atoms with Gasteiger partial charge in [0.2, 0.25) is 0 Å². The van der Waals surface area contributed by atoms with Crippen LogP contribution in [0.15, 0.2) is 83.8 Å². The van der Waals surface area contributed by atoms with Crippen LogP contribution >= 0.6 is 0 Å². The number of fused-ring (bicyclic) bond motifs is 2. The van der Waals surface area contributed by atoms with E-state index in [-0.39, 0.29) is 11.5 Å². The number of benzene rings is 3. The third-order valence-corrected chi connectivity index (χ3v) is 4.84. The quantitative estimate of drug-likeness (QED) is 0.435. The number of H-pyrrole nitrogens is 2. The van der Waals surface area contributed by atoms with E-state index in [2.05, 4.69) is 20.3 Å². The lowest BCUT2D eigenvalue weighted by atomic mass is 10.1. The Morgan fingerprint density at radius 3 is 2.59 bits per heavy atom. The summed E-state index contributed by atoms with van der Waals surface area (Å²) in [5.74, 6) is 0.247. The van der Waals surface area contributed by atoms with Crippen LogP contribution in [0.3, 0.4) is 0 Å². The Bertz CT molecular complexity index is 1430. The van der Waals surface area contributed by atoms with E-state index in [0.29, 0.717) is 33.5 Å². The molecule has 0 aliphatic rings. The van der Waals surface area contributed by atoms with Gasteiger partial charge >= 0.3 is 0 Å². The average Bonchev–Trinajstić information content (AvgIpc) is 3.18. The zero-order valence-electron chi connectivity index (χ0n) is 15.3. The average molecular weight is 380 g/mol. The van der Waals surface area contributed by atoms with Gasteiger partial charge in [-0.05, 0) is 30.3 Å². The number of para-hydroxylation sites is 2. The minimum atomic E-state index is -0.209. The van der Waals surface area contributed by atoms with Crippen molar-refractivity contribution in [3.8, 4) is 11.4 Å². The molecule has 0 saturated carbocycles. The van der Waals surface area contributed by atoms with Gasteiger partial charge in [-0.2, -0.15) is 0 Å². The lowest BCUT2D eigenvalue weighted by Crippen LogP contribution is -2.12. The van der Waals surface area contributed by atoms with Crippen LogP contribution in [0.2, 0.25) is 0 Å². The Hall–Kier alpha value is -4.19. The van der Waals surface area contributed by atoms with Crippen molar-refractivity contribution in [2.75, 3.05) is 5.32 Å². The summed E-state index contributed by atoms with van der Waals surface area (Å²) in [6.45, 7) is 0. The largest absolute Gasteiger partial charge is 0.360 e. The Morgan fingerprint density at radius 1 is 0.897 bits per heavy atom. The van der Waals surface area contributed by atoms with Gasteiger partial charge in [0.25, 0.3) is 11.5 Å². The van der Waals surface area contributed by atoms with E-state index in [0.717, 1.165) is 10.9 Å². The first kappa shape index (κ1) is 16.9. The van der Waals surface area contributed by atoms with Crippen molar-refractivity contribution < 1.29 is 4.79 Å². The van der Waals surface area contributed by atoms with E-state index in [1.165, 1.54) is 0 Å². The molecule has 0 unspecified atom stereocenters. The summed E-state index contributed by atoms with van der Waals surface area (Å²) in [4.78, 5) is 35.6. The van der Waals surface area contributed by atoms with E-state index in [1.54, 1.807) is 36.5 Å². The van der Waals surface area contributed by atoms with Crippen LogP contribution in [0.4, 0.5) is 5.69 Å². The number of carbonyl (C=O) groups excluding carboxylic acids is 1. The zero-order valence-corrected chi connectivity index (χ0v) is 15.3. The zero-order chi connectivity index (χ0) is 19.8. The molecular formula is C23H16N4O2. The molecule has 6 nitrogen and oxygen atoms in total. The maximum absolute atomic E-state index is 12.8.